The van der Waals surface area contributed by atoms with Gasteiger partial charge in [0.25, 0.3) is 0 Å². The van der Waals surface area contributed by atoms with Gasteiger partial charge in [0.05, 0.1) is 11.5 Å². The first-order chi connectivity index (χ1) is 15.6. The van der Waals surface area contributed by atoms with Crippen LogP contribution in [-0.4, -0.2) is 29.3 Å². The second-order valence-corrected chi connectivity index (χ2v) is 7.40. The van der Waals surface area contributed by atoms with E-state index >= 15 is 0 Å². The zero-order chi connectivity index (χ0) is 22.2. The molecule has 0 saturated carbocycles. The van der Waals surface area contributed by atoms with E-state index in [1.54, 1.807) is 30.3 Å². The lowest BCUT2D eigenvalue weighted by Gasteiger charge is -2.25. The Labute approximate surface area is 184 Å². The Morgan fingerprint density at radius 2 is 1.94 bits per heavy atom. The van der Waals surface area contributed by atoms with Crippen molar-refractivity contribution in [1.29, 1.82) is 5.26 Å². The first-order valence-corrected chi connectivity index (χ1v) is 10.1. The van der Waals surface area contributed by atoms with E-state index in [0.29, 0.717) is 17.1 Å². The summed E-state index contributed by atoms with van der Waals surface area (Å²) in [5.74, 6) is 1.12. The van der Waals surface area contributed by atoms with Crippen LogP contribution in [0.4, 0.5) is 0 Å². The molecular weight excluding hydrogens is 404 g/mol. The standard InChI is InChI=1S/C23H20N8O/c1-3-18-28-8-9-31(18)16-6-4-14(5-7-16)19-17(10-24)22(25)32-23-20(19)21(29-30(23)2)15-11-26-13-27-12-15/h4-9,11-13,19H,3,25H2,1-2H3. The van der Waals surface area contributed by atoms with Gasteiger partial charge in [-0.15, -0.1) is 0 Å². The summed E-state index contributed by atoms with van der Waals surface area (Å²) in [6.07, 6.45) is 9.40. The highest BCUT2D eigenvalue weighted by molar-refractivity contribution is 5.70. The monoisotopic (exact) mass is 424 g/mol. The van der Waals surface area contributed by atoms with Crippen molar-refractivity contribution in [3.05, 3.63) is 83.8 Å². The number of aromatic nitrogens is 6. The average Bonchev–Trinajstić information content (AvgIpc) is 3.43. The molecule has 9 heteroatoms. The van der Waals surface area contributed by atoms with Gasteiger partial charge in [-0.25, -0.2) is 19.6 Å². The third kappa shape index (κ3) is 3.01. The van der Waals surface area contributed by atoms with Gasteiger partial charge < -0.3 is 15.0 Å². The first-order valence-electron chi connectivity index (χ1n) is 10.1. The maximum absolute atomic E-state index is 9.93. The van der Waals surface area contributed by atoms with Gasteiger partial charge in [-0.1, -0.05) is 19.1 Å². The third-order valence-corrected chi connectivity index (χ3v) is 5.57. The van der Waals surface area contributed by atoms with Gasteiger partial charge in [-0.3, -0.25) is 0 Å². The van der Waals surface area contributed by atoms with Crippen molar-refractivity contribution in [3.8, 4) is 28.9 Å². The van der Waals surface area contributed by atoms with Crippen molar-refractivity contribution in [2.45, 2.75) is 19.3 Å². The maximum Gasteiger partial charge on any atom is 0.224 e. The largest absolute Gasteiger partial charge is 0.422 e. The van der Waals surface area contributed by atoms with Crippen LogP contribution >= 0.6 is 0 Å². The van der Waals surface area contributed by atoms with Crippen LogP contribution in [-0.2, 0) is 13.5 Å². The summed E-state index contributed by atoms with van der Waals surface area (Å²) in [5.41, 5.74) is 10.5. The molecule has 0 radical (unpaired) electrons. The summed E-state index contributed by atoms with van der Waals surface area (Å²) in [5, 5.41) is 14.6. The van der Waals surface area contributed by atoms with Crippen molar-refractivity contribution >= 4 is 0 Å². The number of nitriles is 1. The summed E-state index contributed by atoms with van der Waals surface area (Å²) in [6, 6.07) is 10.3. The molecule has 0 amide bonds. The van der Waals surface area contributed by atoms with Crippen molar-refractivity contribution < 1.29 is 4.74 Å². The number of allylic oxidation sites excluding steroid dienone is 1. The van der Waals surface area contributed by atoms with E-state index in [1.807, 2.05) is 35.0 Å². The molecule has 0 aliphatic carbocycles. The quantitative estimate of drug-likeness (QED) is 0.535. The van der Waals surface area contributed by atoms with E-state index in [2.05, 4.69) is 33.0 Å². The molecule has 0 spiro atoms. The Balaban J connectivity index is 1.66. The van der Waals surface area contributed by atoms with Crippen LogP contribution in [0.1, 0.15) is 29.8 Å². The minimum Gasteiger partial charge on any atom is -0.422 e. The fourth-order valence-electron chi connectivity index (χ4n) is 4.10. The summed E-state index contributed by atoms with van der Waals surface area (Å²) in [4.78, 5) is 12.6. The zero-order valence-corrected chi connectivity index (χ0v) is 17.6. The second-order valence-electron chi connectivity index (χ2n) is 7.40. The van der Waals surface area contributed by atoms with Crippen LogP contribution in [0.5, 0.6) is 5.88 Å². The number of benzene rings is 1. The highest BCUT2D eigenvalue weighted by atomic mass is 16.5. The Bertz CT molecular complexity index is 1360. The molecule has 1 aromatic carbocycles. The van der Waals surface area contributed by atoms with E-state index < -0.39 is 5.92 Å². The molecule has 1 aliphatic rings. The van der Waals surface area contributed by atoms with Gasteiger partial charge in [0.1, 0.15) is 29.5 Å². The maximum atomic E-state index is 9.93. The Morgan fingerprint density at radius 1 is 1.19 bits per heavy atom. The minimum absolute atomic E-state index is 0.0795. The van der Waals surface area contributed by atoms with Gasteiger partial charge in [0, 0.05) is 49.5 Å². The molecule has 0 fully saturated rings. The number of ether oxygens (including phenoxy) is 1. The molecular formula is C23H20N8O. The van der Waals surface area contributed by atoms with Gasteiger partial charge in [0.15, 0.2) is 0 Å². The van der Waals surface area contributed by atoms with Crippen LogP contribution in [0.15, 0.2) is 66.8 Å². The molecule has 1 unspecified atom stereocenters. The van der Waals surface area contributed by atoms with Crippen molar-refractivity contribution in [1.82, 2.24) is 29.3 Å². The van der Waals surface area contributed by atoms with Crippen molar-refractivity contribution in [2.75, 3.05) is 0 Å². The van der Waals surface area contributed by atoms with E-state index in [0.717, 1.165) is 34.6 Å². The molecule has 32 heavy (non-hydrogen) atoms. The Kier molecular flexibility index (Phi) is 4.67. The van der Waals surface area contributed by atoms with E-state index in [4.69, 9.17) is 10.5 Å². The SMILES string of the molecule is CCc1nccn1-c1ccc(C2C(C#N)=C(N)Oc3c2c(-c2cncnc2)nn3C)cc1. The Hall–Kier alpha value is -4.45. The lowest BCUT2D eigenvalue weighted by Crippen LogP contribution is -2.21. The van der Waals surface area contributed by atoms with Crippen LogP contribution in [0.25, 0.3) is 16.9 Å². The molecule has 1 aliphatic heterocycles. The zero-order valence-electron chi connectivity index (χ0n) is 17.6. The number of nitrogens with zero attached hydrogens (tertiary/aromatic N) is 7. The van der Waals surface area contributed by atoms with E-state index in [1.165, 1.54) is 6.33 Å². The lowest BCUT2D eigenvalue weighted by molar-refractivity contribution is 0.358. The number of hydrogen-bond acceptors (Lipinski definition) is 7. The van der Waals surface area contributed by atoms with Gasteiger partial charge in [-0.05, 0) is 17.7 Å². The second kappa shape index (κ2) is 7.67. The summed E-state index contributed by atoms with van der Waals surface area (Å²) in [7, 11) is 1.78. The average molecular weight is 424 g/mol. The smallest absolute Gasteiger partial charge is 0.224 e. The number of imidazole rings is 1. The number of nitrogens with two attached hydrogens (primary N) is 1. The minimum atomic E-state index is -0.435. The number of aryl methyl sites for hydroxylation is 2. The molecule has 0 bridgehead atoms. The van der Waals surface area contributed by atoms with Crippen molar-refractivity contribution in [3.63, 3.8) is 0 Å². The van der Waals surface area contributed by atoms with Crippen LogP contribution in [0.2, 0.25) is 0 Å². The van der Waals surface area contributed by atoms with Crippen molar-refractivity contribution in [2.24, 2.45) is 12.8 Å². The fraction of sp³-hybridized carbons (Fsp3) is 0.174. The molecule has 4 heterocycles. The molecule has 9 nitrogen and oxygen atoms in total. The number of fused-ring (bicyclic) bond motifs is 1. The molecule has 1 atom stereocenters. The van der Waals surface area contributed by atoms with E-state index in [9.17, 15) is 5.26 Å². The molecule has 3 aromatic heterocycles. The first kappa shape index (κ1) is 19.5. The van der Waals surface area contributed by atoms with Crippen LogP contribution in [0, 0.1) is 11.3 Å². The van der Waals surface area contributed by atoms with Gasteiger partial charge in [-0.2, -0.15) is 10.4 Å². The Morgan fingerprint density at radius 3 is 2.62 bits per heavy atom. The van der Waals surface area contributed by atoms with Gasteiger partial charge >= 0.3 is 0 Å². The van der Waals surface area contributed by atoms with Crippen LogP contribution in [0.3, 0.4) is 0 Å². The fourth-order valence-corrected chi connectivity index (χ4v) is 4.10. The number of hydrogen-bond donors (Lipinski definition) is 1. The molecule has 5 rings (SSSR count). The van der Waals surface area contributed by atoms with Gasteiger partial charge in [0.2, 0.25) is 11.8 Å². The van der Waals surface area contributed by atoms with E-state index in [-0.39, 0.29) is 5.88 Å². The lowest BCUT2D eigenvalue weighted by atomic mass is 9.83. The highest BCUT2D eigenvalue weighted by Crippen LogP contribution is 2.46. The highest BCUT2D eigenvalue weighted by Gasteiger charge is 2.36. The molecule has 0 saturated heterocycles. The summed E-state index contributed by atoms with van der Waals surface area (Å²) >= 11 is 0. The predicted octanol–water partition coefficient (Wildman–Crippen LogP) is 2.84. The normalized spacial score (nSPS) is 15.2. The summed E-state index contributed by atoms with van der Waals surface area (Å²) < 4.78 is 9.49. The van der Waals surface area contributed by atoms with Crippen LogP contribution < -0.4 is 10.5 Å². The molecule has 4 aromatic rings. The predicted molar refractivity (Wildman–Crippen MR) is 116 cm³/mol. The molecule has 158 valence electrons. The molecule has 2 N–H and O–H groups in total. The third-order valence-electron chi connectivity index (χ3n) is 5.57. The topological polar surface area (TPSA) is 120 Å². The summed E-state index contributed by atoms with van der Waals surface area (Å²) in [6.45, 7) is 2.07. The number of rotatable bonds is 4.